The Bertz CT molecular complexity index is 863. The van der Waals surface area contributed by atoms with Crippen molar-refractivity contribution < 1.29 is 9.59 Å². The van der Waals surface area contributed by atoms with Crippen molar-refractivity contribution in [2.75, 3.05) is 5.32 Å². The second kappa shape index (κ2) is 7.63. The molecule has 3 amide bonds. The second-order valence-electron chi connectivity index (χ2n) is 7.70. The van der Waals surface area contributed by atoms with E-state index in [1.807, 2.05) is 50.2 Å². The molecule has 2 fully saturated rings. The van der Waals surface area contributed by atoms with E-state index < -0.39 is 6.29 Å². The van der Waals surface area contributed by atoms with Crippen molar-refractivity contribution in [3.63, 3.8) is 0 Å². The van der Waals surface area contributed by atoms with Crippen LogP contribution in [0, 0.1) is 5.92 Å². The number of benzene rings is 1. The lowest BCUT2D eigenvalue weighted by molar-refractivity contribution is -0.130. The molecule has 1 aliphatic carbocycles. The normalized spacial score (nSPS) is 24.0. The van der Waals surface area contributed by atoms with Crippen LogP contribution >= 0.6 is 0 Å². The molecule has 3 unspecified atom stereocenters. The first-order chi connectivity index (χ1) is 13.5. The van der Waals surface area contributed by atoms with Crippen LogP contribution in [0.25, 0.3) is 11.3 Å². The average Bonchev–Trinajstić information content (AvgIpc) is 3.29. The molecule has 0 spiro atoms. The fraction of sp³-hybridized carbons (Fsp3) is 0.450. The molecule has 2 heterocycles. The molecule has 1 saturated heterocycles. The Kier molecular flexibility index (Phi) is 5.04. The predicted octanol–water partition coefficient (Wildman–Crippen LogP) is 2.42. The topological polar surface area (TPSA) is 100 Å². The maximum atomic E-state index is 12.5. The third-order valence-corrected chi connectivity index (χ3v) is 5.21. The van der Waals surface area contributed by atoms with E-state index in [-0.39, 0.29) is 29.9 Å². The smallest absolute Gasteiger partial charge is 0.320 e. The molecular weight excluding hydrogens is 356 g/mol. The molecule has 8 nitrogen and oxygen atoms in total. The van der Waals surface area contributed by atoms with Crippen molar-refractivity contribution in [1.82, 2.24) is 25.7 Å². The van der Waals surface area contributed by atoms with E-state index in [1.165, 1.54) is 0 Å². The lowest BCUT2D eigenvalue weighted by Crippen LogP contribution is -2.57. The van der Waals surface area contributed by atoms with Crippen LogP contribution in [-0.4, -0.2) is 33.8 Å². The van der Waals surface area contributed by atoms with Gasteiger partial charge in [0, 0.05) is 23.7 Å². The van der Waals surface area contributed by atoms with Crippen LogP contribution in [0.4, 0.5) is 10.6 Å². The number of rotatable bonds is 4. The van der Waals surface area contributed by atoms with E-state index in [0.717, 1.165) is 30.5 Å². The molecule has 1 aromatic carbocycles. The Morgan fingerprint density at radius 1 is 1.25 bits per heavy atom. The van der Waals surface area contributed by atoms with Crippen LogP contribution in [0.5, 0.6) is 0 Å². The van der Waals surface area contributed by atoms with E-state index in [1.54, 1.807) is 4.68 Å². The highest BCUT2D eigenvalue weighted by atomic mass is 16.2. The van der Waals surface area contributed by atoms with Crippen molar-refractivity contribution in [2.24, 2.45) is 5.92 Å². The van der Waals surface area contributed by atoms with Gasteiger partial charge in [-0.25, -0.2) is 9.48 Å². The average molecular weight is 382 g/mol. The van der Waals surface area contributed by atoms with Crippen LogP contribution in [-0.2, 0) is 4.79 Å². The van der Waals surface area contributed by atoms with E-state index in [2.05, 4.69) is 26.4 Å². The van der Waals surface area contributed by atoms with Crippen molar-refractivity contribution in [2.45, 2.75) is 51.5 Å². The third-order valence-electron chi connectivity index (χ3n) is 5.21. The number of nitrogens with zero attached hydrogens (tertiary/aromatic N) is 2. The van der Waals surface area contributed by atoms with Gasteiger partial charge in [-0.05, 0) is 26.7 Å². The maximum Gasteiger partial charge on any atom is 0.320 e. The Balaban J connectivity index is 1.65. The zero-order chi connectivity index (χ0) is 19.7. The monoisotopic (exact) mass is 382 g/mol. The largest absolute Gasteiger partial charge is 0.336 e. The van der Waals surface area contributed by atoms with Gasteiger partial charge in [0.05, 0.1) is 11.6 Å². The van der Waals surface area contributed by atoms with Crippen molar-refractivity contribution in [3.8, 4) is 11.3 Å². The van der Waals surface area contributed by atoms with E-state index >= 15 is 0 Å². The number of amides is 3. The highest BCUT2D eigenvalue weighted by Crippen LogP contribution is 2.31. The lowest BCUT2D eigenvalue weighted by atomic mass is 10.0. The molecule has 0 radical (unpaired) electrons. The summed E-state index contributed by atoms with van der Waals surface area (Å²) in [6, 6.07) is 11.4. The number of urea groups is 1. The molecule has 3 atom stereocenters. The zero-order valence-electron chi connectivity index (χ0n) is 16.1. The Morgan fingerprint density at radius 2 is 2.04 bits per heavy atom. The summed E-state index contributed by atoms with van der Waals surface area (Å²) >= 11 is 0. The number of carbonyl (C=O) groups excluding carboxylic acids is 2. The number of anilines is 1. The van der Waals surface area contributed by atoms with Gasteiger partial charge in [-0.3, -0.25) is 15.4 Å². The highest BCUT2D eigenvalue weighted by Gasteiger charge is 2.40. The van der Waals surface area contributed by atoms with Gasteiger partial charge in [0.15, 0.2) is 6.29 Å². The first kappa shape index (κ1) is 18.5. The molecule has 148 valence electrons. The number of hydrogen-bond donors (Lipinski definition) is 4. The Hall–Kier alpha value is -2.87. The summed E-state index contributed by atoms with van der Waals surface area (Å²) < 4.78 is 1.65. The number of carbonyl (C=O) groups is 2. The van der Waals surface area contributed by atoms with Gasteiger partial charge in [0.1, 0.15) is 5.82 Å². The lowest BCUT2D eigenvalue weighted by Gasteiger charge is -2.34. The van der Waals surface area contributed by atoms with E-state index in [9.17, 15) is 9.59 Å². The van der Waals surface area contributed by atoms with Gasteiger partial charge >= 0.3 is 6.03 Å². The molecule has 8 heteroatoms. The van der Waals surface area contributed by atoms with E-state index in [0.29, 0.717) is 5.82 Å². The minimum Gasteiger partial charge on any atom is -0.336 e. The summed E-state index contributed by atoms with van der Waals surface area (Å²) in [5, 5.41) is 16.8. The number of aromatic nitrogens is 2. The molecule has 1 saturated carbocycles. The summed E-state index contributed by atoms with van der Waals surface area (Å²) in [5.41, 5.74) is 1.67. The molecule has 2 aromatic rings. The molecule has 2 aliphatic rings. The van der Waals surface area contributed by atoms with Gasteiger partial charge in [-0.15, -0.1) is 0 Å². The molecule has 1 aromatic heterocycles. The molecule has 4 N–H and O–H groups in total. The van der Waals surface area contributed by atoms with Crippen molar-refractivity contribution in [3.05, 3.63) is 36.4 Å². The van der Waals surface area contributed by atoms with Crippen molar-refractivity contribution in [1.29, 1.82) is 0 Å². The third kappa shape index (κ3) is 3.73. The standard InChI is InChI=1S/C20H26N6O2/c1-12(2)21-20(28)23-17-11-16(13-7-4-3-5-8-13)25-26(17)19-22-15-10-6-9-14(15)18(27)24-19/h3-5,7-8,11-12,14-15,19,22H,6,9-10H2,1-2H3,(H,24,27)(H2,21,23,28). The van der Waals surface area contributed by atoms with Crippen molar-refractivity contribution >= 4 is 17.8 Å². The summed E-state index contributed by atoms with van der Waals surface area (Å²) in [6.45, 7) is 3.80. The Labute approximate surface area is 164 Å². The summed E-state index contributed by atoms with van der Waals surface area (Å²) in [6.07, 6.45) is 2.42. The first-order valence-corrected chi connectivity index (χ1v) is 9.80. The molecule has 4 rings (SSSR count). The first-order valence-electron chi connectivity index (χ1n) is 9.80. The highest BCUT2D eigenvalue weighted by molar-refractivity contribution is 5.89. The van der Waals surface area contributed by atoms with Gasteiger partial charge in [-0.2, -0.15) is 5.10 Å². The van der Waals surface area contributed by atoms with Crippen LogP contribution in [0.15, 0.2) is 36.4 Å². The number of fused-ring (bicyclic) bond motifs is 1. The Morgan fingerprint density at radius 3 is 2.79 bits per heavy atom. The van der Waals surface area contributed by atoms with Crippen LogP contribution in [0.3, 0.4) is 0 Å². The van der Waals surface area contributed by atoms with Crippen LogP contribution in [0.1, 0.15) is 39.4 Å². The zero-order valence-corrected chi connectivity index (χ0v) is 16.1. The number of hydrogen-bond acceptors (Lipinski definition) is 4. The molecule has 1 aliphatic heterocycles. The maximum absolute atomic E-state index is 12.5. The fourth-order valence-corrected chi connectivity index (χ4v) is 3.94. The quantitative estimate of drug-likeness (QED) is 0.652. The summed E-state index contributed by atoms with van der Waals surface area (Å²) in [4.78, 5) is 24.8. The SMILES string of the molecule is CC(C)NC(=O)Nc1cc(-c2ccccc2)nn1C1NC(=O)C2CCCC2N1. The van der Waals surface area contributed by atoms with Gasteiger partial charge in [0.2, 0.25) is 5.91 Å². The summed E-state index contributed by atoms with van der Waals surface area (Å²) in [5.74, 6) is 0.577. The minimum atomic E-state index is -0.501. The number of nitrogens with one attached hydrogen (secondary N) is 4. The van der Waals surface area contributed by atoms with Crippen LogP contribution < -0.4 is 21.3 Å². The van der Waals surface area contributed by atoms with Crippen LogP contribution in [0.2, 0.25) is 0 Å². The summed E-state index contributed by atoms with van der Waals surface area (Å²) in [7, 11) is 0. The van der Waals surface area contributed by atoms with E-state index in [4.69, 9.17) is 0 Å². The fourth-order valence-electron chi connectivity index (χ4n) is 3.94. The molecule has 28 heavy (non-hydrogen) atoms. The molecular formula is C20H26N6O2. The van der Waals surface area contributed by atoms with Gasteiger partial charge in [0.25, 0.3) is 0 Å². The van der Waals surface area contributed by atoms with Gasteiger partial charge < -0.3 is 10.6 Å². The second-order valence-corrected chi connectivity index (χ2v) is 7.70. The predicted molar refractivity (Wildman–Crippen MR) is 106 cm³/mol. The minimum absolute atomic E-state index is 0.0109. The molecule has 0 bridgehead atoms. The van der Waals surface area contributed by atoms with Gasteiger partial charge in [-0.1, -0.05) is 36.8 Å².